The molecule has 6 heteroatoms. The fraction of sp³-hybridized carbons (Fsp3) is 0.316. The highest BCUT2D eigenvalue weighted by Gasteiger charge is 2.23. The van der Waals surface area contributed by atoms with Gasteiger partial charge in [0.2, 0.25) is 5.91 Å². The molecule has 2 aromatic carbocycles. The van der Waals surface area contributed by atoms with Gasteiger partial charge in [0.1, 0.15) is 11.5 Å². The molecule has 1 N–H and O–H groups in total. The summed E-state index contributed by atoms with van der Waals surface area (Å²) >= 11 is 1.85. The molecule has 1 aliphatic rings. The Balaban J connectivity index is 1.73. The van der Waals surface area contributed by atoms with Crippen molar-refractivity contribution < 1.29 is 14.3 Å². The Morgan fingerprint density at radius 1 is 1.20 bits per heavy atom. The van der Waals surface area contributed by atoms with Crippen LogP contribution in [0.2, 0.25) is 0 Å². The fourth-order valence-electron chi connectivity index (χ4n) is 2.88. The van der Waals surface area contributed by atoms with E-state index in [2.05, 4.69) is 29.3 Å². The van der Waals surface area contributed by atoms with Crippen molar-refractivity contribution in [2.24, 2.45) is 0 Å². The number of anilines is 2. The molecule has 0 aliphatic carbocycles. The molecule has 1 amide bonds. The highest BCUT2D eigenvalue weighted by Crippen LogP contribution is 2.37. The maximum Gasteiger partial charge on any atom is 0.243 e. The Bertz CT molecular complexity index is 744. The van der Waals surface area contributed by atoms with Crippen LogP contribution in [0.3, 0.4) is 0 Å². The van der Waals surface area contributed by atoms with Gasteiger partial charge in [0.25, 0.3) is 0 Å². The maximum absolute atomic E-state index is 12.6. The molecule has 1 aliphatic heterocycles. The third kappa shape index (κ3) is 4.20. The highest BCUT2D eigenvalue weighted by atomic mass is 32.2. The van der Waals surface area contributed by atoms with Crippen LogP contribution in [-0.2, 0) is 4.79 Å². The molecule has 5 nitrogen and oxygen atoms in total. The zero-order chi connectivity index (χ0) is 17.8. The third-order valence-electron chi connectivity index (χ3n) is 3.98. The molecular weight excluding hydrogens is 336 g/mol. The minimum atomic E-state index is -0.0655. The number of benzene rings is 2. The van der Waals surface area contributed by atoms with E-state index in [4.69, 9.17) is 9.47 Å². The van der Waals surface area contributed by atoms with Crippen LogP contribution in [0, 0.1) is 0 Å². The summed E-state index contributed by atoms with van der Waals surface area (Å²) in [6, 6.07) is 13.5. The first-order valence-electron chi connectivity index (χ1n) is 8.12. The summed E-state index contributed by atoms with van der Waals surface area (Å²) in [5.41, 5.74) is 1.78. The van der Waals surface area contributed by atoms with Crippen LogP contribution in [0.5, 0.6) is 11.5 Å². The largest absolute Gasteiger partial charge is 0.497 e. The average molecular weight is 358 g/mol. The quantitative estimate of drug-likeness (QED) is 0.884. The summed E-state index contributed by atoms with van der Waals surface area (Å²) in [5, 5.41) is 3.38. The van der Waals surface area contributed by atoms with Gasteiger partial charge in [0.05, 0.1) is 26.5 Å². The Morgan fingerprint density at radius 2 is 1.88 bits per heavy atom. The molecule has 132 valence electrons. The molecule has 0 aromatic heterocycles. The zero-order valence-electron chi connectivity index (χ0n) is 14.6. The highest BCUT2D eigenvalue weighted by molar-refractivity contribution is 8.00. The van der Waals surface area contributed by atoms with Crippen LogP contribution in [-0.4, -0.2) is 38.5 Å². The van der Waals surface area contributed by atoms with E-state index in [1.807, 2.05) is 23.9 Å². The van der Waals surface area contributed by atoms with Crippen molar-refractivity contribution in [2.75, 3.05) is 37.5 Å². The normalized spacial score (nSPS) is 16.1. The van der Waals surface area contributed by atoms with Crippen LogP contribution in [0.1, 0.15) is 6.92 Å². The van der Waals surface area contributed by atoms with Crippen molar-refractivity contribution >= 4 is 29.0 Å². The average Bonchev–Trinajstić information content (AvgIpc) is 2.61. The van der Waals surface area contributed by atoms with Gasteiger partial charge < -0.3 is 19.7 Å². The summed E-state index contributed by atoms with van der Waals surface area (Å²) < 4.78 is 10.5. The second-order valence-corrected chi connectivity index (χ2v) is 7.41. The number of ether oxygens (including phenoxy) is 2. The first-order chi connectivity index (χ1) is 12.1. The van der Waals surface area contributed by atoms with E-state index >= 15 is 0 Å². The van der Waals surface area contributed by atoms with E-state index < -0.39 is 0 Å². The van der Waals surface area contributed by atoms with Crippen LogP contribution < -0.4 is 19.7 Å². The first kappa shape index (κ1) is 17.5. The van der Waals surface area contributed by atoms with Crippen LogP contribution in [0.4, 0.5) is 11.4 Å². The van der Waals surface area contributed by atoms with Crippen LogP contribution in [0.15, 0.2) is 47.4 Å². The van der Waals surface area contributed by atoms with Gasteiger partial charge in [-0.15, -0.1) is 11.8 Å². The lowest BCUT2D eigenvalue weighted by atomic mass is 10.2. The van der Waals surface area contributed by atoms with Gasteiger partial charge in [-0.05, 0) is 12.1 Å². The van der Waals surface area contributed by atoms with Gasteiger partial charge in [-0.1, -0.05) is 19.1 Å². The van der Waals surface area contributed by atoms with Crippen LogP contribution in [0.25, 0.3) is 0 Å². The summed E-state index contributed by atoms with van der Waals surface area (Å²) in [7, 11) is 3.17. The number of fused-ring (bicyclic) bond motifs is 1. The number of nitrogens with zero attached hydrogens (tertiary/aromatic N) is 1. The monoisotopic (exact) mass is 358 g/mol. The van der Waals surface area contributed by atoms with E-state index in [0.29, 0.717) is 29.0 Å². The van der Waals surface area contributed by atoms with E-state index in [0.717, 1.165) is 12.2 Å². The lowest BCUT2D eigenvalue weighted by Gasteiger charge is -2.33. The molecule has 2 aromatic rings. The molecule has 0 saturated heterocycles. The lowest BCUT2D eigenvalue weighted by Crippen LogP contribution is -2.39. The van der Waals surface area contributed by atoms with E-state index in [-0.39, 0.29) is 5.91 Å². The van der Waals surface area contributed by atoms with Gasteiger partial charge in [-0.25, -0.2) is 0 Å². The molecule has 3 rings (SSSR count). The summed E-state index contributed by atoms with van der Waals surface area (Å²) in [6.45, 7) is 3.33. The second kappa shape index (κ2) is 7.70. The number of carbonyl (C=O) groups excluding carboxylic acids is 1. The van der Waals surface area contributed by atoms with Crippen molar-refractivity contribution in [1.82, 2.24) is 0 Å². The molecule has 0 bridgehead atoms. The first-order valence-corrected chi connectivity index (χ1v) is 9.00. The van der Waals surface area contributed by atoms with Gasteiger partial charge >= 0.3 is 0 Å². The Kier molecular flexibility index (Phi) is 5.38. The van der Waals surface area contributed by atoms with E-state index in [1.54, 1.807) is 32.4 Å². The Hall–Kier alpha value is -2.34. The molecule has 1 atom stereocenters. The summed E-state index contributed by atoms with van der Waals surface area (Å²) in [4.78, 5) is 15.9. The third-order valence-corrected chi connectivity index (χ3v) is 5.13. The summed E-state index contributed by atoms with van der Waals surface area (Å²) in [6.07, 6.45) is 0. The number of methoxy groups -OCH3 is 2. The van der Waals surface area contributed by atoms with Crippen molar-refractivity contribution in [2.45, 2.75) is 17.1 Å². The molecule has 1 unspecified atom stereocenters. The number of nitrogens with one attached hydrogen (secondary N) is 1. The number of carbonyl (C=O) groups is 1. The Labute approximate surface area is 152 Å². The van der Waals surface area contributed by atoms with Gasteiger partial charge in [-0.2, -0.15) is 0 Å². The number of amides is 1. The minimum absolute atomic E-state index is 0.0655. The summed E-state index contributed by atoms with van der Waals surface area (Å²) in [5.74, 6) is 1.22. The molecular formula is C19H22N2O3S. The van der Waals surface area contributed by atoms with Crippen molar-refractivity contribution in [1.29, 1.82) is 0 Å². The molecule has 0 spiro atoms. The van der Waals surface area contributed by atoms with Gasteiger partial charge in [0.15, 0.2) is 0 Å². The smallest absolute Gasteiger partial charge is 0.243 e. The predicted octanol–water partition coefficient (Wildman–Crippen LogP) is 3.64. The number of hydrogen-bond donors (Lipinski definition) is 1. The fourth-order valence-corrected chi connectivity index (χ4v) is 4.05. The molecule has 0 saturated carbocycles. The zero-order valence-corrected chi connectivity index (χ0v) is 15.4. The topological polar surface area (TPSA) is 50.8 Å². The molecule has 0 radical (unpaired) electrons. The lowest BCUT2D eigenvalue weighted by molar-refractivity contribution is -0.115. The molecule has 0 fully saturated rings. The number of thioether (sulfide) groups is 1. The number of hydrogen-bond acceptors (Lipinski definition) is 5. The van der Waals surface area contributed by atoms with Crippen molar-refractivity contribution in [3.05, 3.63) is 42.5 Å². The SMILES string of the molecule is COc1cc(NC(=O)CN2CC(C)Sc3ccccc32)cc(OC)c1. The number of para-hydroxylation sites is 1. The van der Waals surface area contributed by atoms with Gasteiger partial charge in [0, 0.05) is 40.6 Å². The molecule has 25 heavy (non-hydrogen) atoms. The number of rotatable bonds is 5. The second-order valence-electron chi connectivity index (χ2n) is 5.93. The predicted molar refractivity (Wildman–Crippen MR) is 102 cm³/mol. The maximum atomic E-state index is 12.6. The van der Waals surface area contributed by atoms with Gasteiger partial charge in [-0.3, -0.25) is 4.79 Å². The van der Waals surface area contributed by atoms with E-state index in [9.17, 15) is 4.79 Å². The van der Waals surface area contributed by atoms with Crippen molar-refractivity contribution in [3.8, 4) is 11.5 Å². The van der Waals surface area contributed by atoms with Crippen molar-refractivity contribution in [3.63, 3.8) is 0 Å². The minimum Gasteiger partial charge on any atom is -0.497 e. The standard InChI is InChI=1S/C19H22N2O3S/c1-13-11-21(17-6-4-5-7-18(17)25-13)12-19(22)20-14-8-15(23-2)10-16(9-14)24-3/h4-10,13H,11-12H2,1-3H3,(H,20,22). The molecule has 1 heterocycles. The van der Waals surface area contributed by atoms with Crippen LogP contribution >= 0.6 is 11.8 Å². The van der Waals surface area contributed by atoms with E-state index in [1.165, 1.54) is 4.90 Å². The Morgan fingerprint density at radius 3 is 2.56 bits per heavy atom.